The first-order valence-electron chi connectivity index (χ1n) is 4.50. The molecule has 2 N–H and O–H groups in total. The fourth-order valence-electron chi connectivity index (χ4n) is 0.977. The summed E-state index contributed by atoms with van der Waals surface area (Å²) in [5.74, 6) is 1.32. The molecule has 0 aromatic heterocycles. The largest absolute Gasteiger partial charge is 0.508 e. The molecule has 0 saturated carbocycles. The Morgan fingerprint density at radius 2 is 2.13 bits per heavy atom. The summed E-state index contributed by atoms with van der Waals surface area (Å²) in [6.45, 7) is 3.57. The molecule has 0 bridgehead atoms. The second-order valence-electron chi connectivity index (χ2n) is 2.90. The molecule has 0 unspecified atom stereocenters. The molecule has 80 valence electrons. The van der Waals surface area contributed by atoms with Gasteiger partial charge in [-0.25, -0.2) is 0 Å². The van der Waals surface area contributed by atoms with Gasteiger partial charge in [-0.15, -0.1) is 18.3 Å². The summed E-state index contributed by atoms with van der Waals surface area (Å²) < 4.78 is 0. The standard InChI is InChI=1S/C11H13NO2S/c1-2-7-15-8-11(14)12-9-3-5-10(13)6-4-9/h2-6,13H,1,7-8H2,(H,12,14). The Balaban J connectivity index is 2.37. The maximum absolute atomic E-state index is 11.3. The minimum absolute atomic E-state index is 0.0486. The van der Waals surface area contributed by atoms with Crippen LogP contribution in [0.5, 0.6) is 5.75 Å². The van der Waals surface area contributed by atoms with E-state index in [1.54, 1.807) is 18.2 Å². The second-order valence-corrected chi connectivity index (χ2v) is 3.93. The van der Waals surface area contributed by atoms with Crippen LogP contribution in [0.25, 0.3) is 0 Å². The van der Waals surface area contributed by atoms with E-state index in [4.69, 9.17) is 5.11 Å². The molecule has 1 aromatic rings. The molecule has 0 aliphatic rings. The van der Waals surface area contributed by atoms with Gasteiger partial charge in [0.15, 0.2) is 0 Å². The number of aromatic hydroxyl groups is 1. The van der Waals surface area contributed by atoms with Crippen molar-refractivity contribution in [1.29, 1.82) is 0 Å². The number of hydrogen-bond acceptors (Lipinski definition) is 3. The van der Waals surface area contributed by atoms with Crippen molar-refractivity contribution < 1.29 is 9.90 Å². The predicted molar refractivity (Wildman–Crippen MR) is 64.3 cm³/mol. The third-order valence-corrected chi connectivity index (χ3v) is 2.56. The Morgan fingerprint density at radius 3 is 2.73 bits per heavy atom. The van der Waals surface area contributed by atoms with E-state index in [0.717, 1.165) is 5.75 Å². The van der Waals surface area contributed by atoms with Crippen LogP contribution in [0.15, 0.2) is 36.9 Å². The van der Waals surface area contributed by atoms with Crippen LogP contribution in [0.1, 0.15) is 0 Å². The number of hydrogen-bond donors (Lipinski definition) is 2. The van der Waals surface area contributed by atoms with Crippen molar-refractivity contribution in [3.05, 3.63) is 36.9 Å². The molecule has 0 aliphatic heterocycles. The topological polar surface area (TPSA) is 49.3 Å². The van der Waals surface area contributed by atoms with E-state index in [-0.39, 0.29) is 11.7 Å². The van der Waals surface area contributed by atoms with Gasteiger partial charge in [0, 0.05) is 11.4 Å². The zero-order chi connectivity index (χ0) is 11.1. The minimum atomic E-state index is -0.0486. The highest BCUT2D eigenvalue weighted by molar-refractivity contribution is 8.00. The van der Waals surface area contributed by atoms with Crippen LogP contribution in [0, 0.1) is 0 Å². The number of nitrogens with one attached hydrogen (secondary N) is 1. The zero-order valence-corrected chi connectivity index (χ0v) is 9.09. The van der Waals surface area contributed by atoms with Gasteiger partial charge in [-0.2, -0.15) is 0 Å². The van der Waals surface area contributed by atoms with Crippen LogP contribution in [0.2, 0.25) is 0 Å². The van der Waals surface area contributed by atoms with Gasteiger partial charge >= 0.3 is 0 Å². The summed E-state index contributed by atoms with van der Waals surface area (Å²) >= 11 is 1.50. The summed E-state index contributed by atoms with van der Waals surface area (Å²) in [5.41, 5.74) is 0.692. The predicted octanol–water partition coefficient (Wildman–Crippen LogP) is 2.25. The third-order valence-electron chi connectivity index (χ3n) is 1.62. The molecule has 1 amide bonds. The number of amides is 1. The lowest BCUT2D eigenvalue weighted by Crippen LogP contribution is -2.13. The summed E-state index contributed by atoms with van der Waals surface area (Å²) in [6.07, 6.45) is 1.76. The van der Waals surface area contributed by atoms with Crippen molar-refractivity contribution in [2.45, 2.75) is 0 Å². The number of anilines is 1. The third kappa shape index (κ3) is 4.56. The first-order valence-corrected chi connectivity index (χ1v) is 5.65. The molecule has 0 atom stereocenters. The van der Waals surface area contributed by atoms with E-state index in [2.05, 4.69) is 11.9 Å². The molecule has 3 nitrogen and oxygen atoms in total. The molecule has 0 heterocycles. The van der Waals surface area contributed by atoms with Gasteiger partial charge in [0.05, 0.1) is 5.75 Å². The maximum atomic E-state index is 11.3. The normalized spacial score (nSPS) is 9.60. The van der Waals surface area contributed by atoms with Crippen molar-refractivity contribution in [2.24, 2.45) is 0 Å². The van der Waals surface area contributed by atoms with E-state index >= 15 is 0 Å². The summed E-state index contributed by atoms with van der Waals surface area (Å²) in [7, 11) is 0. The lowest BCUT2D eigenvalue weighted by molar-refractivity contribution is -0.113. The van der Waals surface area contributed by atoms with Crippen LogP contribution in [0.4, 0.5) is 5.69 Å². The first kappa shape index (κ1) is 11.7. The molecule has 4 heteroatoms. The average Bonchev–Trinajstić information content (AvgIpc) is 2.22. The highest BCUT2D eigenvalue weighted by Gasteiger charge is 2.01. The molecule has 1 rings (SSSR count). The monoisotopic (exact) mass is 223 g/mol. The van der Waals surface area contributed by atoms with Crippen LogP contribution in [0.3, 0.4) is 0 Å². The number of thioether (sulfide) groups is 1. The van der Waals surface area contributed by atoms with Crippen molar-refractivity contribution in [3.8, 4) is 5.75 Å². The second kappa shape index (κ2) is 6.14. The molecule has 0 saturated heterocycles. The highest BCUT2D eigenvalue weighted by Crippen LogP contribution is 2.14. The fraction of sp³-hybridized carbons (Fsp3) is 0.182. The van der Waals surface area contributed by atoms with Crippen LogP contribution >= 0.6 is 11.8 Å². The first-order chi connectivity index (χ1) is 7.22. The molecule has 0 aliphatic carbocycles. The lowest BCUT2D eigenvalue weighted by atomic mass is 10.3. The fourth-order valence-corrected chi connectivity index (χ4v) is 1.52. The molecule has 1 aromatic carbocycles. The number of phenolic OH excluding ortho intramolecular Hbond substituents is 1. The molecule has 0 radical (unpaired) electrons. The van der Waals surface area contributed by atoms with Crippen LogP contribution in [-0.2, 0) is 4.79 Å². The van der Waals surface area contributed by atoms with E-state index < -0.39 is 0 Å². The van der Waals surface area contributed by atoms with Crippen LogP contribution < -0.4 is 5.32 Å². The number of phenols is 1. The molecular weight excluding hydrogens is 210 g/mol. The maximum Gasteiger partial charge on any atom is 0.234 e. The molecular formula is C11H13NO2S. The summed E-state index contributed by atoms with van der Waals surface area (Å²) in [5, 5.41) is 11.8. The van der Waals surface area contributed by atoms with Crippen molar-refractivity contribution >= 4 is 23.4 Å². The average molecular weight is 223 g/mol. The zero-order valence-electron chi connectivity index (χ0n) is 8.27. The summed E-state index contributed by atoms with van der Waals surface area (Å²) in [6, 6.07) is 6.38. The van der Waals surface area contributed by atoms with Gasteiger partial charge in [0.25, 0.3) is 0 Å². The number of rotatable bonds is 5. The Bertz CT molecular complexity index is 335. The van der Waals surface area contributed by atoms with Gasteiger partial charge < -0.3 is 10.4 Å². The van der Waals surface area contributed by atoms with Crippen LogP contribution in [-0.4, -0.2) is 22.5 Å². The highest BCUT2D eigenvalue weighted by atomic mass is 32.2. The Hall–Kier alpha value is -1.42. The van der Waals surface area contributed by atoms with E-state index in [1.807, 2.05) is 0 Å². The van der Waals surface area contributed by atoms with Crippen molar-refractivity contribution in [1.82, 2.24) is 0 Å². The Labute approximate surface area is 93.2 Å². The number of benzene rings is 1. The van der Waals surface area contributed by atoms with Gasteiger partial charge in [0.2, 0.25) is 5.91 Å². The van der Waals surface area contributed by atoms with Gasteiger partial charge in [-0.3, -0.25) is 4.79 Å². The van der Waals surface area contributed by atoms with Crippen molar-refractivity contribution in [2.75, 3.05) is 16.8 Å². The van der Waals surface area contributed by atoms with E-state index in [9.17, 15) is 4.79 Å². The summed E-state index contributed by atoms with van der Waals surface area (Å²) in [4.78, 5) is 11.3. The Morgan fingerprint density at radius 1 is 1.47 bits per heavy atom. The minimum Gasteiger partial charge on any atom is -0.508 e. The SMILES string of the molecule is C=CCSCC(=O)Nc1ccc(O)cc1. The van der Waals surface area contributed by atoms with E-state index in [0.29, 0.717) is 11.4 Å². The molecule has 0 fully saturated rings. The quantitative estimate of drug-likeness (QED) is 0.457. The molecule has 15 heavy (non-hydrogen) atoms. The molecule has 0 spiro atoms. The van der Waals surface area contributed by atoms with Gasteiger partial charge in [0.1, 0.15) is 5.75 Å². The Kier molecular flexibility index (Phi) is 4.77. The lowest BCUT2D eigenvalue weighted by Gasteiger charge is -2.04. The number of carbonyl (C=O) groups excluding carboxylic acids is 1. The van der Waals surface area contributed by atoms with E-state index in [1.165, 1.54) is 23.9 Å². The van der Waals surface area contributed by atoms with Gasteiger partial charge in [-0.1, -0.05) is 6.08 Å². The smallest absolute Gasteiger partial charge is 0.234 e. The number of carbonyl (C=O) groups is 1. The van der Waals surface area contributed by atoms with Crippen molar-refractivity contribution in [3.63, 3.8) is 0 Å². The van der Waals surface area contributed by atoms with Gasteiger partial charge in [-0.05, 0) is 24.3 Å².